The number of nitrogen functional groups attached to an aromatic ring is 1. The highest BCUT2D eigenvalue weighted by atomic mass is 15.0. The zero-order valence-electron chi connectivity index (χ0n) is 10.1. The van der Waals surface area contributed by atoms with Crippen LogP contribution in [-0.4, -0.2) is 9.55 Å². The maximum atomic E-state index is 5.73. The Morgan fingerprint density at radius 2 is 2.06 bits per heavy atom. The lowest BCUT2D eigenvalue weighted by atomic mass is 9.98. The van der Waals surface area contributed by atoms with Crippen molar-refractivity contribution in [1.82, 2.24) is 9.55 Å². The summed E-state index contributed by atoms with van der Waals surface area (Å²) in [6.07, 6.45) is 1.91. The maximum Gasteiger partial charge on any atom is 0.0958 e. The van der Waals surface area contributed by atoms with Gasteiger partial charge in [-0.2, -0.15) is 0 Å². The molecule has 0 bridgehead atoms. The number of nitrogens with two attached hydrogens (primary N) is 1. The van der Waals surface area contributed by atoms with Gasteiger partial charge in [0.1, 0.15) is 0 Å². The molecule has 0 aliphatic rings. The third-order valence-electron chi connectivity index (χ3n) is 3.27. The van der Waals surface area contributed by atoms with E-state index in [1.165, 1.54) is 5.52 Å². The molecule has 0 aliphatic heterocycles. The molecule has 0 radical (unpaired) electrons. The van der Waals surface area contributed by atoms with Crippen LogP contribution in [-0.2, 0) is 6.54 Å². The summed E-state index contributed by atoms with van der Waals surface area (Å²) in [5.41, 5.74) is 8.66. The van der Waals surface area contributed by atoms with E-state index in [9.17, 15) is 0 Å². The van der Waals surface area contributed by atoms with Crippen molar-refractivity contribution < 1.29 is 0 Å². The van der Waals surface area contributed by atoms with Gasteiger partial charge in [0.05, 0.1) is 17.4 Å². The number of nitrogens with zero attached hydrogens (tertiary/aromatic N) is 2. The standard InChI is InChI=1S/C13H19N3/c1-9(2)10(3)7-16-8-15-12-6-11(14)4-5-13(12)16/h4-6,8-10H,7,14H2,1-3H3. The van der Waals surface area contributed by atoms with E-state index in [4.69, 9.17) is 5.73 Å². The Bertz CT molecular complexity index is 485. The van der Waals surface area contributed by atoms with Crippen molar-refractivity contribution in [2.24, 2.45) is 11.8 Å². The van der Waals surface area contributed by atoms with E-state index in [0.717, 1.165) is 17.7 Å². The molecule has 2 rings (SSSR count). The van der Waals surface area contributed by atoms with Crippen LogP contribution in [0.2, 0.25) is 0 Å². The highest BCUT2D eigenvalue weighted by Crippen LogP contribution is 2.19. The second kappa shape index (κ2) is 4.16. The zero-order chi connectivity index (χ0) is 11.7. The van der Waals surface area contributed by atoms with Crippen LogP contribution in [0, 0.1) is 11.8 Å². The van der Waals surface area contributed by atoms with E-state index in [0.29, 0.717) is 11.8 Å². The van der Waals surface area contributed by atoms with E-state index in [1.807, 2.05) is 24.5 Å². The number of hydrogen-bond donors (Lipinski definition) is 1. The monoisotopic (exact) mass is 217 g/mol. The molecule has 2 N–H and O–H groups in total. The number of benzene rings is 1. The Morgan fingerprint density at radius 3 is 2.75 bits per heavy atom. The number of hydrogen-bond acceptors (Lipinski definition) is 2. The van der Waals surface area contributed by atoms with Crippen molar-refractivity contribution in [1.29, 1.82) is 0 Å². The molecule has 0 aliphatic carbocycles. The van der Waals surface area contributed by atoms with E-state index in [2.05, 4.69) is 30.3 Å². The van der Waals surface area contributed by atoms with Gasteiger partial charge in [-0.3, -0.25) is 0 Å². The third-order valence-corrected chi connectivity index (χ3v) is 3.27. The fraction of sp³-hybridized carbons (Fsp3) is 0.462. The molecule has 0 fully saturated rings. The van der Waals surface area contributed by atoms with Gasteiger partial charge in [-0.15, -0.1) is 0 Å². The lowest BCUT2D eigenvalue weighted by Gasteiger charge is -2.16. The van der Waals surface area contributed by atoms with Gasteiger partial charge in [-0.1, -0.05) is 20.8 Å². The summed E-state index contributed by atoms with van der Waals surface area (Å²) in [6, 6.07) is 5.90. The molecule has 2 aromatic rings. The fourth-order valence-electron chi connectivity index (χ4n) is 1.75. The van der Waals surface area contributed by atoms with Gasteiger partial charge in [-0.25, -0.2) is 4.98 Å². The number of aromatic nitrogens is 2. The molecule has 0 saturated carbocycles. The van der Waals surface area contributed by atoms with E-state index >= 15 is 0 Å². The number of imidazole rings is 1. The van der Waals surface area contributed by atoms with Gasteiger partial charge in [0, 0.05) is 12.2 Å². The number of rotatable bonds is 3. The molecule has 0 saturated heterocycles. The Hall–Kier alpha value is -1.51. The summed E-state index contributed by atoms with van der Waals surface area (Å²) in [5, 5.41) is 0. The fourth-order valence-corrected chi connectivity index (χ4v) is 1.75. The molecule has 1 aromatic heterocycles. The summed E-state index contributed by atoms with van der Waals surface area (Å²) in [4.78, 5) is 4.37. The van der Waals surface area contributed by atoms with Crippen molar-refractivity contribution in [3.8, 4) is 0 Å². The number of fused-ring (bicyclic) bond motifs is 1. The molecule has 3 heteroatoms. The topological polar surface area (TPSA) is 43.8 Å². The summed E-state index contributed by atoms with van der Waals surface area (Å²) in [6.45, 7) is 7.79. The normalized spacial score (nSPS) is 13.5. The van der Waals surface area contributed by atoms with Crippen LogP contribution >= 0.6 is 0 Å². The lowest BCUT2D eigenvalue weighted by Crippen LogP contribution is -2.12. The molecule has 1 heterocycles. The van der Waals surface area contributed by atoms with Crippen LogP contribution in [0.1, 0.15) is 20.8 Å². The van der Waals surface area contributed by atoms with Gasteiger partial charge >= 0.3 is 0 Å². The minimum atomic E-state index is 0.648. The summed E-state index contributed by atoms with van der Waals surface area (Å²) >= 11 is 0. The van der Waals surface area contributed by atoms with Gasteiger partial charge in [-0.05, 0) is 30.0 Å². The first-order chi connectivity index (χ1) is 7.58. The van der Waals surface area contributed by atoms with Gasteiger partial charge < -0.3 is 10.3 Å². The summed E-state index contributed by atoms with van der Waals surface area (Å²) in [7, 11) is 0. The largest absolute Gasteiger partial charge is 0.399 e. The first-order valence-electron chi connectivity index (χ1n) is 5.78. The predicted molar refractivity (Wildman–Crippen MR) is 68.1 cm³/mol. The Morgan fingerprint density at radius 1 is 1.31 bits per heavy atom. The Labute approximate surface area is 96.3 Å². The molecular weight excluding hydrogens is 198 g/mol. The van der Waals surface area contributed by atoms with Crippen molar-refractivity contribution in [3.05, 3.63) is 24.5 Å². The molecule has 1 aromatic carbocycles. The Balaban J connectivity index is 2.32. The van der Waals surface area contributed by atoms with Crippen molar-refractivity contribution in [3.63, 3.8) is 0 Å². The van der Waals surface area contributed by atoms with E-state index in [1.54, 1.807) is 0 Å². The van der Waals surface area contributed by atoms with Crippen LogP contribution in [0.15, 0.2) is 24.5 Å². The van der Waals surface area contributed by atoms with Crippen molar-refractivity contribution in [2.75, 3.05) is 5.73 Å². The SMILES string of the molecule is CC(C)C(C)Cn1cnc2cc(N)ccc21. The van der Waals surface area contributed by atoms with Crippen LogP contribution < -0.4 is 5.73 Å². The molecule has 86 valence electrons. The van der Waals surface area contributed by atoms with Crippen LogP contribution in [0.3, 0.4) is 0 Å². The van der Waals surface area contributed by atoms with Crippen LogP contribution in [0.25, 0.3) is 11.0 Å². The molecule has 16 heavy (non-hydrogen) atoms. The van der Waals surface area contributed by atoms with Gasteiger partial charge in [0.25, 0.3) is 0 Å². The third kappa shape index (κ3) is 2.03. The maximum absolute atomic E-state index is 5.73. The first-order valence-corrected chi connectivity index (χ1v) is 5.78. The molecule has 0 spiro atoms. The second-order valence-corrected chi connectivity index (χ2v) is 4.87. The zero-order valence-corrected chi connectivity index (χ0v) is 10.1. The van der Waals surface area contributed by atoms with Crippen molar-refractivity contribution >= 4 is 16.7 Å². The average Bonchev–Trinajstić information content (AvgIpc) is 2.60. The van der Waals surface area contributed by atoms with E-state index < -0.39 is 0 Å². The molecular formula is C13H19N3. The van der Waals surface area contributed by atoms with Crippen LogP contribution in [0.4, 0.5) is 5.69 Å². The minimum Gasteiger partial charge on any atom is -0.399 e. The summed E-state index contributed by atoms with van der Waals surface area (Å²) in [5.74, 6) is 1.33. The highest BCUT2D eigenvalue weighted by molar-refractivity contribution is 5.78. The second-order valence-electron chi connectivity index (χ2n) is 4.87. The van der Waals surface area contributed by atoms with Gasteiger partial charge in [0.2, 0.25) is 0 Å². The molecule has 1 atom stereocenters. The molecule has 1 unspecified atom stereocenters. The average molecular weight is 217 g/mol. The highest BCUT2D eigenvalue weighted by Gasteiger charge is 2.10. The Kier molecular flexibility index (Phi) is 2.86. The quantitative estimate of drug-likeness (QED) is 0.803. The van der Waals surface area contributed by atoms with Crippen molar-refractivity contribution in [2.45, 2.75) is 27.3 Å². The summed E-state index contributed by atoms with van der Waals surface area (Å²) < 4.78 is 2.21. The first kappa shape index (κ1) is 11.0. The molecule has 3 nitrogen and oxygen atoms in total. The van der Waals surface area contributed by atoms with E-state index in [-0.39, 0.29) is 0 Å². The number of anilines is 1. The molecule has 0 amide bonds. The lowest BCUT2D eigenvalue weighted by molar-refractivity contribution is 0.369. The predicted octanol–water partition coefficient (Wildman–Crippen LogP) is 2.91. The van der Waals surface area contributed by atoms with Gasteiger partial charge in [0.15, 0.2) is 0 Å². The van der Waals surface area contributed by atoms with Crippen LogP contribution in [0.5, 0.6) is 0 Å². The smallest absolute Gasteiger partial charge is 0.0958 e. The minimum absolute atomic E-state index is 0.648.